The van der Waals surface area contributed by atoms with Crippen molar-refractivity contribution in [3.8, 4) is 0 Å². The minimum absolute atomic E-state index is 0.0683. The predicted octanol–water partition coefficient (Wildman–Crippen LogP) is 1.43. The Bertz CT molecular complexity index is 399. The zero-order valence-electron chi connectivity index (χ0n) is 11.0. The van der Waals surface area contributed by atoms with Gasteiger partial charge in [-0.1, -0.05) is 0 Å². The second kappa shape index (κ2) is 6.68. The van der Waals surface area contributed by atoms with Crippen molar-refractivity contribution in [2.45, 2.75) is 0 Å². The molecule has 1 heterocycles. The SMILES string of the molecule is COCCNc1cc(F)c(N2CCNCC2)c(F)c1. The molecule has 19 heavy (non-hydrogen) atoms. The number of benzene rings is 1. The fraction of sp³-hybridized carbons (Fsp3) is 0.538. The molecule has 0 amide bonds. The Morgan fingerprint density at radius 3 is 2.47 bits per heavy atom. The number of rotatable bonds is 5. The van der Waals surface area contributed by atoms with Gasteiger partial charge in [-0.2, -0.15) is 0 Å². The van der Waals surface area contributed by atoms with Gasteiger partial charge in [-0.25, -0.2) is 8.78 Å². The van der Waals surface area contributed by atoms with Crippen LogP contribution >= 0.6 is 0 Å². The van der Waals surface area contributed by atoms with Crippen LogP contribution in [-0.2, 0) is 4.74 Å². The number of hydrogen-bond donors (Lipinski definition) is 2. The smallest absolute Gasteiger partial charge is 0.151 e. The summed E-state index contributed by atoms with van der Waals surface area (Å²) in [5, 5.41) is 6.08. The van der Waals surface area contributed by atoms with E-state index in [9.17, 15) is 8.78 Å². The summed E-state index contributed by atoms with van der Waals surface area (Å²) in [6, 6.07) is 2.66. The van der Waals surface area contributed by atoms with Gasteiger partial charge in [0.05, 0.1) is 6.61 Å². The maximum absolute atomic E-state index is 14.0. The van der Waals surface area contributed by atoms with E-state index in [4.69, 9.17) is 4.74 Å². The highest BCUT2D eigenvalue weighted by Crippen LogP contribution is 2.27. The number of anilines is 2. The van der Waals surface area contributed by atoms with Crippen molar-refractivity contribution in [1.82, 2.24) is 5.32 Å². The number of nitrogens with one attached hydrogen (secondary N) is 2. The molecule has 2 N–H and O–H groups in total. The average molecular weight is 271 g/mol. The summed E-state index contributed by atoms with van der Waals surface area (Å²) in [6.45, 7) is 3.72. The molecule has 106 valence electrons. The molecule has 1 fully saturated rings. The van der Waals surface area contributed by atoms with Crippen molar-refractivity contribution < 1.29 is 13.5 Å². The first-order valence-corrected chi connectivity index (χ1v) is 6.40. The Morgan fingerprint density at radius 1 is 1.26 bits per heavy atom. The van der Waals surface area contributed by atoms with Crippen molar-refractivity contribution >= 4 is 11.4 Å². The molecule has 0 spiro atoms. The highest BCUT2D eigenvalue weighted by molar-refractivity contribution is 5.57. The Balaban J connectivity index is 2.12. The fourth-order valence-corrected chi connectivity index (χ4v) is 2.16. The fourth-order valence-electron chi connectivity index (χ4n) is 2.16. The predicted molar refractivity (Wildman–Crippen MR) is 71.8 cm³/mol. The molecule has 4 nitrogen and oxygen atoms in total. The molecule has 0 aromatic heterocycles. The van der Waals surface area contributed by atoms with E-state index < -0.39 is 11.6 Å². The minimum Gasteiger partial charge on any atom is -0.383 e. The number of nitrogens with zero attached hydrogens (tertiary/aromatic N) is 1. The largest absolute Gasteiger partial charge is 0.383 e. The van der Waals surface area contributed by atoms with Crippen LogP contribution in [0.3, 0.4) is 0 Å². The van der Waals surface area contributed by atoms with E-state index in [2.05, 4.69) is 10.6 Å². The van der Waals surface area contributed by atoms with E-state index in [1.807, 2.05) is 0 Å². The first-order valence-electron chi connectivity index (χ1n) is 6.40. The van der Waals surface area contributed by atoms with Gasteiger partial charge in [-0.15, -0.1) is 0 Å². The second-order valence-corrected chi connectivity index (χ2v) is 4.45. The molecule has 1 saturated heterocycles. The normalized spacial score (nSPS) is 15.6. The Morgan fingerprint density at radius 2 is 1.89 bits per heavy atom. The lowest BCUT2D eigenvalue weighted by atomic mass is 10.2. The van der Waals surface area contributed by atoms with E-state index in [0.717, 1.165) is 13.1 Å². The van der Waals surface area contributed by atoms with Crippen molar-refractivity contribution in [2.75, 3.05) is 56.7 Å². The molecule has 6 heteroatoms. The van der Waals surface area contributed by atoms with Crippen LogP contribution in [-0.4, -0.2) is 46.4 Å². The number of hydrogen-bond acceptors (Lipinski definition) is 4. The van der Waals surface area contributed by atoms with Gasteiger partial charge >= 0.3 is 0 Å². The summed E-state index contributed by atoms with van der Waals surface area (Å²) >= 11 is 0. The highest BCUT2D eigenvalue weighted by atomic mass is 19.1. The van der Waals surface area contributed by atoms with E-state index in [-0.39, 0.29) is 5.69 Å². The van der Waals surface area contributed by atoms with Gasteiger partial charge in [0.2, 0.25) is 0 Å². The Hall–Kier alpha value is -1.40. The molecule has 1 aliphatic heterocycles. The summed E-state index contributed by atoms with van der Waals surface area (Å²) in [7, 11) is 1.58. The number of ether oxygens (including phenoxy) is 1. The third-order valence-corrected chi connectivity index (χ3v) is 3.09. The van der Waals surface area contributed by atoms with Crippen LogP contribution in [0.4, 0.5) is 20.2 Å². The lowest BCUT2D eigenvalue weighted by Gasteiger charge is -2.30. The van der Waals surface area contributed by atoms with Crippen LogP contribution in [0.1, 0.15) is 0 Å². The molecular formula is C13H19F2N3O. The zero-order chi connectivity index (χ0) is 13.7. The minimum atomic E-state index is -0.526. The highest BCUT2D eigenvalue weighted by Gasteiger charge is 2.19. The van der Waals surface area contributed by atoms with E-state index >= 15 is 0 Å². The van der Waals surface area contributed by atoms with Gasteiger partial charge in [0.15, 0.2) is 11.6 Å². The lowest BCUT2D eigenvalue weighted by molar-refractivity contribution is 0.211. The first kappa shape index (κ1) is 14.0. The molecule has 1 aromatic carbocycles. The Kier molecular flexibility index (Phi) is 4.93. The molecule has 0 saturated carbocycles. The van der Waals surface area contributed by atoms with Crippen LogP contribution in [0.2, 0.25) is 0 Å². The number of halogens is 2. The Labute approximate surface area is 111 Å². The molecular weight excluding hydrogens is 252 g/mol. The average Bonchev–Trinajstić information content (AvgIpc) is 2.39. The monoisotopic (exact) mass is 271 g/mol. The summed E-state index contributed by atoms with van der Waals surface area (Å²) in [4.78, 5) is 1.74. The molecule has 2 rings (SSSR count). The molecule has 0 radical (unpaired) electrons. The van der Waals surface area contributed by atoms with Crippen molar-refractivity contribution in [3.63, 3.8) is 0 Å². The van der Waals surface area contributed by atoms with Crippen molar-refractivity contribution in [3.05, 3.63) is 23.8 Å². The maximum atomic E-state index is 14.0. The van der Waals surface area contributed by atoms with E-state index in [0.29, 0.717) is 31.9 Å². The van der Waals surface area contributed by atoms with Gasteiger partial charge in [-0.05, 0) is 12.1 Å². The van der Waals surface area contributed by atoms with Gasteiger partial charge in [0.1, 0.15) is 5.69 Å². The standard InChI is InChI=1S/C13H19F2N3O/c1-19-7-4-17-10-8-11(14)13(12(15)9-10)18-5-2-16-3-6-18/h8-9,16-17H,2-7H2,1H3. The van der Waals surface area contributed by atoms with Crippen LogP contribution in [0.5, 0.6) is 0 Å². The van der Waals surface area contributed by atoms with E-state index in [1.165, 1.54) is 12.1 Å². The lowest BCUT2D eigenvalue weighted by Crippen LogP contribution is -2.44. The number of methoxy groups -OCH3 is 1. The van der Waals surface area contributed by atoms with Gasteiger partial charge in [0.25, 0.3) is 0 Å². The van der Waals surface area contributed by atoms with Crippen LogP contribution < -0.4 is 15.5 Å². The van der Waals surface area contributed by atoms with Crippen LogP contribution in [0.25, 0.3) is 0 Å². The van der Waals surface area contributed by atoms with Crippen LogP contribution in [0, 0.1) is 11.6 Å². The molecule has 1 aromatic rings. The summed E-state index contributed by atoms with van der Waals surface area (Å²) in [6.07, 6.45) is 0. The summed E-state index contributed by atoms with van der Waals surface area (Å²) in [5.41, 5.74) is 0.504. The molecule has 0 aliphatic carbocycles. The van der Waals surface area contributed by atoms with Crippen molar-refractivity contribution in [1.29, 1.82) is 0 Å². The maximum Gasteiger partial charge on any atom is 0.151 e. The van der Waals surface area contributed by atoms with E-state index in [1.54, 1.807) is 12.0 Å². The van der Waals surface area contributed by atoms with Crippen molar-refractivity contribution in [2.24, 2.45) is 0 Å². The summed E-state index contributed by atoms with van der Waals surface area (Å²) < 4.78 is 32.9. The topological polar surface area (TPSA) is 36.5 Å². The molecule has 0 atom stereocenters. The quantitative estimate of drug-likeness (QED) is 0.794. The first-order chi connectivity index (χ1) is 9.22. The van der Waals surface area contributed by atoms with Gasteiger partial charge < -0.3 is 20.3 Å². The second-order valence-electron chi connectivity index (χ2n) is 4.45. The van der Waals surface area contributed by atoms with Gasteiger partial charge in [-0.3, -0.25) is 0 Å². The van der Waals surface area contributed by atoms with Gasteiger partial charge in [0, 0.05) is 45.5 Å². The zero-order valence-corrected chi connectivity index (χ0v) is 11.0. The van der Waals surface area contributed by atoms with Crippen LogP contribution in [0.15, 0.2) is 12.1 Å². The third-order valence-electron chi connectivity index (χ3n) is 3.09. The summed E-state index contributed by atoms with van der Waals surface area (Å²) in [5.74, 6) is -1.05. The number of piperazine rings is 1. The molecule has 0 bridgehead atoms. The molecule has 0 unspecified atom stereocenters. The molecule has 1 aliphatic rings. The third kappa shape index (κ3) is 3.54.